The van der Waals surface area contributed by atoms with E-state index >= 15 is 0 Å². The monoisotopic (exact) mass is 512 g/mol. The first-order valence-electron chi connectivity index (χ1n) is 10.1. The van der Waals surface area contributed by atoms with Crippen LogP contribution >= 0.6 is 24.0 Å². The molecule has 0 aromatic carbocycles. The van der Waals surface area contributed by atoms with Crippen molar-refractivity contribution < 1.29 is 14.3 Å². The molecule has 1 fully saturated rings. The number of amides is 1. The summed E-state index contributed by atoms with van der Waals surface area (Å²) in [6.45, 7) is 11.2. The van der Waals surface area contributed by atoms with Crippen molar-refractivity contribution in [3.05, 3.63) is 0 Å². The summed E-state index contributed by atoms with van der Waals surface area (Å²) in [5, 5.41) is 3.40. The second kappa shape index (κ2) is 13.5. The number of nitrogens with one attached hydrogen (secondary N) is 1. The van der Waals surface area contributed by atoms with E-state index in [9.17, 15) is 4.79 Å². The lowest BCUT2D eigenvalue weighted by Gasteiger charge is -2.29. The number of carbonyl (C=O) groups is 1. The Bertz CT molecular complexity index is 477. The lowest BCUT2D eigenvalue weighted by Crippen LogP contribution is -2.43. The molecule has 1 amide bonds. The molecule has 1 rings (SSSR count). The van der Waals surface area contributed by atoms with Crippen molar-refractivity contribution in [2.75, 3.05) is 47.4 Å². The van der Waals surface area contributed by atoms with E-state index in [2.05, 4.69) is 22.3 Å². The van der Waals surface area contributed by atoms with Gasteiger partial charge in [-0.2, -0.15) is 0 Å². The van der Waals surface area contributed by atoms with Gasteiger partial charge in [-0.25, -0.2) is 4.79 Å². The molecule has 8 heteroatoms. The maximum absolute atomic E-state index is 12.1. The van der Waals surface area contributed by atoms with E-state index in [0.29, 0.717) is 0 Å². The molecule has 1 atom stereocenters. The van der Waals surface area contributed by atoms with Crippen LogP contribution in [0.2, 0.25) is 0 Å². The first-order valence-corrected chi connectivity index (χ1v) is 10.1. The predicted molar refractivity (Wildman–Crippen MR) is 126 cm³/mol. The Morgan fingerprint density at radius 1 is 1.29 bits per heavy atom. The predicted octanol–water partition coefficient (Wildman–Crippen LogP) is 3.57. The van der Waals surface area contributed by atoms with Gasteiger partial charge in [0.25, 0.3) is 0 Å². The third-order valence-electron chi connectivity index (χ3n) is 4.97. The van der Waals surface area contributed by atoms with Crippen molar-refractivity contribution in [3.8, 4) is 0 Å². The number of nitrogens with zero attached hydrogens (tertiary/aromatic N) is 3. The zero-order valence-corrected chi connectivity index (χ0v) is 21.1. The summed E-state index contributed by atoms with van der Waals surface area (Å²) in [7, 11) is 5.67. The maximum atomic E-state index is 12.1. The highest BCUT2D eigenvalue weighted by molar-refractivity contribution is 14.0. The zero-order chi connectivity index (χ0) is 20.4. The van der Waals surface area contributed by atoms with Crippen LogP contribution in [-0.4, -0.2) is 80.9 Å². The number of guanidine groups is 1. The molecule has 166 valence electrons. The molecular weight excluding hydrogens is 471 g/mol. The molecular formula is C20H41IN4O3. The molecule has 0 aromatic heterocycles. The lowest BCUT2D eigenvalue weighted by atomic mass is 9.96. The molecule has 7 nitrogen and oxygen atoms in total. The van der Waals surface area contributed by atoms with E-state index in [1.165, 1.54) is 6.42 Å². The van der Waals surface area contributed by atoms with Gasteiger partial charge in [-0.1, -0.05) is 0 Å². The molecule has 0 spiro atoms. The zero-order valence-electron chi connectivity index (χ0n) is 18.8. The van der Waals surface area contributed by atoms with E-state index < -0.39 is 5.60 Å². The standard InChI is InChI=1S/C20H40N4O3.HI/c1-16(24(7)19(25)27-20(2,3)4)8-12-22-18(21-5)23(6)13-9-17-10-14-26-15-11-17;/h16-17H,8-15H2,1-7H3,(H,21,22);1H. The minimum Gasteiger partial charge on any atom is -0.444 e. The van der Waals surface area contributed by atoms with Gasteiger partial charge in [0.2, 0.25) is 0 Å². The molecule has 1 unspecified atom stereocenters. The van der Waals surface area contributed by atoms with Crippen LogP contribution < -0.4 is 5.32 Å². The minimum atomic E-state index is -0.474. The van der Waals surface area contributed by atoms with Gasteiger partial charge in [0.1, 0.15) is 5.60 Å². The van der Waals surface area contributed by atoms with Gasteiger partial charge in [0.05, 0.1) is 0 Å². The molecule has 1 heterocycles. The van der Waals surface area contributed by atoms with Crippen LogP contribution in [-0.2, 0) is 9.47 Å². The van der Waals surface area contributed by atoms with Crippen LogP contribution in [0.4, 0.5) is 4.79 Å². The van der Waals surface area contributed by atoms with E-state index in [1.54, 1.807) is 11.9 Å². The van der Waals surface area contributed by atoms with E-state index in [0.717, 1.165) is 57.4 Å². The fourth-order valence-corrected chi connectivity index (χ4v) is 3.00. The first-order chi connectivity index (χ1) is 12.6. The minimum absolute atomic E-state index is 0. The summed E-state index contributed by atoms with van der Waals surface area (Å²) in [5.41, 5.74) is -0.474. The van der Waals surface area contributed by atoms with Gasteiger partial charge >= 0.3 is 6.09 Å². The molecule has 28 heavy (non-hydrogen) atoms. The fourth-order valence-electron chi connectivity index (χ4n) is 3.00. The molecule has 0 saturated carbocycles. The average Bonchev–Trinajstić information content (AvgIpc) is 2.61. The Morgan fingerprint density at radius 2 is 1.89 bits per heavy atom. The Morgan fingerprint density at radius 3 is 2.43 bits per heavy atom. The van der Waals surface area contributed by atoms with Gasteiger partial charge in [0.15, 0.2) is 5.96 Å². The van der Waals surface area contributed by atoms with Crippen LogP contribution in [0.25, 0.3) is 0 Å². The number of aliphatic imine (C=N–C) groups is 1. The van der Waals surface area contributed by atoms with Crippen molar-refractivity contribution in [2.24, 2.45) is 10.9 Å². The average molecular weight is 512 g/mol. The normalized spacial score (nSPS) is 16.8. The molecule has 0 bridgehead atoms. The van der Waals surface area contributed by atoms with Crippen molar-refractivity contribution in [1.82, 2.24) is 15.1 Å². The maximum Gasteiger partial charge on any atom is 0.410 e. The Balaban J connectivity index is 0.00000729. The van der Waals surface area contributed by atoms with Gasteiger partial charge in [-0.3, -0.25) is 4.99 Å². The summed E-state index contributed by atoms with van der Waals surface area (Å²) >= 11 is 0. The number of carbonyl (C=O) groups excluding carboxylic acids is 1. The van der Waals surface area contributed by atoms with E-state index in [1.807, 2.05) is 34.7 Å². The highest BCUT2D eigenvalue weighted by Gasteiger charge is 2.23. The highest BCUT2D eigenvalue weighted by atomic mass is 127. The number of hydrogen-bond donors (Lipinski definition) is 1. The molecule has 1 aliphatic heterocycles. The van der Waals surface area contributed by atoms with Crippen molar-refractivity contribution in [2.45, 2.75) is 65.0 Å². The molecule has 0 aromatic rings. The molecule has 0 radical (unpaired) electrons. The summed E-state index contributed by atoms with van der Waals surface area (Å²) in [6.07, 6.45) is 4.02. The van der Waals surface area contributed by atoms with E-state index in [4.69, 9.17) is 9.47 Å². The van der Waals surface area contributed by atoms with Gasteiger partial charge in [0, 0.05) is 53.5 Å². The second-order valence-corrected chi connectivity index (χ2v) is 8.47. The van der Waals surface area contributed by atoms with Gasteiger partial charge in [-0.05, 0) is 59.3 Å². The largest absolute Gasteiger partial charge is 0.444 e. The topological polar surface area (TPSA) is 66.4 Å². The number of halogens is 1. The summed E-state index contributed by atoms with van der Waals surface area (Å²) in [4.78, 5) is 20.4. The summed E-state index contributed by atoms with van der Waals surface area (Å²) in [6, 6.07) is 0.0815. The SMILES string of the molecule is CN=C(NCCC(C)N(C)C(=O)OC(C)(C)C)N(C)CCC1CCOCC1.I. The quantitative estimate of drug-likeness (QED) is 0.321. The van der Waals surface area contributed by atoms with Crippen LogP contribution in [0.3, 0.4) is 0 Å². The van der Waals surface area contributed by atoms with E-state index in [-0.39, 0.29) is 36.1 Å². The lowest BCUT2D eigenvalue weighted by molar-refractivity contribution is 0.0230. The second-order valence-electron chi connectivity index (χ2n) is 8.47. The Hall–Kier alpha value is -0.770. The van der Waals surface area contributed by atoms with Crippen molar-refractivity contribution >= 4 is 36.0 Å². The fraction of sp³-hybridized carbons (Fsp3) is 0.900. The molecule has 1 N–H and O–H groups in total. The smallest absolute Gasteiger partial charge is 0.410 e. The summed E-state index contributed by atoms with van der Waals surface area (Å²) in [5.74, 6) is 1.65. The number of rotatable bonds is 7. The highest BCUT2D eigenvalue weighted by Crippen LogP contribution is 2.18. The van der Waals surface area contributed by atoms with Crippen LogP contribution in [0.5, 0.6) is 0 Å². The molecule has 1 saturated heterocycles. The van der Waals surface area contributed by atoms with Crippen LogP contribution in [0.1, 0.15) is 53.4 Å². The van der Waals surface area contributed by atoms with Crippen molar-refractivity contribution in [1.29, 1.82) is 0 Å². The molecule has 0 aliphatic carbocycles. The number of ether oxygens (including phenoxy) is 2. The molecule has 1 aliphatic rings. The van der Waals surface area contributed by atoms with Crippen molar-refractivity contribution in [3.63, 3.8) is 0 Å². The van der Waals surface area contributed by atoms with Gasteiger partial charge < -0.3 is 24.6 Å². The third-order valence-corrected chi connectivity index (χ3v) is 4.97. The summed E-state index contributed by atoms with van der Waals surface area (Å²) < 4.78 is 10.8. The van der Waals surface area contributed by atoms with Crippen LogP contribution in [0, 0.1) is 5.92 Å². The Labute approximate surface area is 188 Å². The third kappa shape index (κ3) is 10.7. The Kier molecular flexibility index (Phi) is 13.1. The number of hydrogen-bond acceptors (Lipinski definition) is 4. The van der Waals surface area contributed by atoms with Crippen LogP contribution in [0.15, 0.2) is 4.99 Å². The van der Waals surface area contributed by atoms with Gasteiger partial charge in [-0.15, -0.1) is 24.0 Å². The first kappa shape index (κ1) is 27.2.